The second-order valence-corrected chi connectivity index (χ2v) is 3.99. The van der Waals surface area contributed by atoms with Crippen LogP contribution in [0.2, 0.25) is 0 Å². The van der Waals surface area contributed by atoms with Gasteiger partial charge in [-0.1, -0.05) is 6.92 Å². The first kappa shape index (κ1) is 13.4. The minimum absolute atomic E-state index is 0.00829. The van der Waals surface area contributed by atoms with E-state index in [1.165, 1.54) is 18.2 Å². The lowest BCUT2D eigenvalue weighted by molar-refractivity contribution is -0.385. The Labute approximate surface area is 100 Å². The number of aliphatic hydroxyl groups excluding tert-OH is 1. The van der Waals surface area contributed by atoms with Gasteiger partial charge in [0.1, 0.15) is 5.75 Å². The third-order valence-corrected chi connectivity index (χ3v) is 2.56. The molecule has 2 unspecified atom stereocenters. The lowest BCUT2D eigenvalue weighted by Gasteiger charge is -2.17. The second kappa shape index (κ2) is 5.63. The lowest BCUT2D eigenvalue weighted by atomic mass is 10.1. The molecule has 0 aliphatic rings. The number of nitro groups is 1. The average molecular weight is 239 g/mol. The zero-order chi connectivity index (χ0) is 13.0. The number of nitro benzene ring substituents is 1. The van der Waals surface area contributed by atoms with Crippen LogP contribution < -0.4 is 4.74 Å². The predicted molar refractivity (Wildman–Crippen MR) is 64.1 cm³/mol. The Hall–Kier alpha value is -1.62. The highest BCUT2D eigenvalue weighted by Gasteiger charge is 2.16. The number of aliphatic hydroxyl groups is 1. The Balaban J connectivity index is 3.08. The largest absolute Gasteiger partial charge is 0.490 e. The molecule has 0 fully saturated rings. The number of non-ortho nitro benzene ring substituents is 1. The second-order valence-electron chi connectivity index (χ2n) is 3.99. The Kier molecular flexibility index (Phi) is 4.45. The van der Waals surface area contributed by atoms with Crippen molar-refractivity contribution in [2.24, 2.45) is 0 Å². The van der Waals surface area contributed by atoms with Crippen LogP contribution in [0.1, 0.15) is 38.9 Å². The van der Waals surface area contributed by atoms with Gasteiger partial charge in [-0.15, -0.1) is 0 Å². The van der Waals surface area contributed by atoms with Crippen LogP contribution in [0, 0.1) is 10.1 Å². The topological polar surface area (TPSA) is 72.6 Å². The van der Waals surface area contributed by atoms with Gasteiger partial charge in [-0.25, -0.2) is 0 Å². The molecule has 0 spiro atoms. The van der Waals surface area contributed by atoms with E-state index in [0.29, 0.717) is 11.3 Å². The van der Waals surface area contributed by atoms with E-state index in [1.54, 1.807) is 6.92 Å². The van der Waals surface area contributed by atoms with Crippen LogP contribution >= 0.6 is 0 Å². The summed E-state index contributed by atoms with van der Waals surface area (Å²) in [7, 11) is 0. The van der Waals surface area contributed by atoms with E-state index in [9.17, 15) is 15.2 Å². The smallest absolute Gasteiger partial charge is 0.270 e. The van der Waals surface area contributed by atoms with Crippen molar-refractivity contribution < 1.29 is 14.8 Å². The van der Waals surface area contributed by atoms with Gasteiger partial charge in [0.2, 0.25) is 0 Å². The van der Waals surface area contributed by atoms with Crippen molar-refractivity contribution in [2.45, 2.75) is 39.4 Å². The first-order valence-electron chi connectivity index (χ1n) is 5.58. The molecule has 0 radical (unpaired) electrons. The maximum atomic E-state index is 10.6. The number of nitrogens with zero attached hydrogens (tertiary/aromatic N) is 1. The monoisotopic (exact) mass is 239 g/mol. The van der Waals surface area contributed by atoms with Gasteiger partial charge in [0, 0.05) is 17.7 Å². The molecule has 1 rings (SSSR count). The number of ether oxygens (including phenoxy) is 1. The SMILES string of the molecule is CCC(C)Oc1ccc([N+](=O)[O-])cc1C(C)O. The predicted octanol–water partition coefficient (Wildman–Crippen LogP) is 2.83. The molecule has 94 valence electrons. The van der Waals surface area contributed by atoms with E-state index in [4.69, 9.17) is 4.74 Å². The summed E-state index contributed by atoms with van der Waals surface area (Å²) in [5, 5.41) is 20.2. The van der Waals surface area contributed by atoms with E-state index in [-0.39, 0.29) is 11.8 Å². The first-order valence-corrected chi connectivity index (χ1v) is 5.58. The van der Waals surface area contributed by atoms with Crippen molar-refractivity contribution in [1.29, 1.82) is 0 Å². The van der Waals surface area contributed by atoms with Crippen LogP contribution in [0.25, 0.3) is 0 Å². The molecule has 0 aromatic heterocycles. The molecular formula is C12H17NO4. The van der Waals surface area contributed by atoms with Crippen molar-refractivity contribution in [3.05, 3.63) is 33.9 Å². The van der Waals surface area contributed by atoms with Gasteiger partial charge in [0.15, 0.2) is 0 Å². The summed E-state index contributed by atoms with van der Waals surface area (Å²) >= 11 is 0. The zero-order valence-electron chi connectivity index (χ0n) is 10.2. The van der Waals surface area contributed by atoms with Gasteiger partial charge in [0.05, 0.1) is 17.1 Å². The van der Waals surface area contributed by atoms with Crippen molar-refractivity contribution in [3.8, 4) is 5.75 Å². The van der Waals surface area contributed by atoms with Crippen LogP contribution in [0.5, 0.6) is 5.75 Å². The molecule has 1 aromatic rings. The molecule has 0 heterocycles. The number of benzene rings is 1. The summed E-state index contributed by atoms with van der Waals surface area (Å²) in [6.45, 7) is 5.45. The highest BCUT2D eigenvalue weighted by Crippen LogP contribution is 2.30. The Morgan fingerprint density at radius 1 is 1.47 bits per heavy atom. The van der Waals surface area contributed by atoms with Gasteiger partial charge < -0.3 is 9.84 Å². The summed E-state index contributed by atoms with van der Waals surface area (Å²) in [5.74, 6) is 0.500. The number of hydrogen-bond acceptors (Lipinski definition) is 4. The molecule has 0 aliphatic heterocycles. The third kappa shape index (κ3) is 3.42. The highest BCUT2D eigenvalue weighted by molar-refractivity contribution is 5.44. The Morgan fingerprint density at radius 3 is 2.59 bits per heavy atom. The van der Waals surface area contributed by atoms with Gasteiger partial charge in [-0.05, 0) is 26.3 Å². The maximum Gasteiger partial charge on any atom is 0.270 e. The lowest BCUT2D eigenvalue weighted by Crippen LogP contribution is -2.12. The standard InChI is InChI=1S/C12H17NO4/c1-4-8(2)17-12-6-5-10(13(15)16)7-11(12)9(3)14/h5-9,14H,4H2,1-3H3. The van der Waals surface area contributed by atoms with Crippen LogP contribution in [0.15, 0.2) is 18.2 Å². The zero-order valence-corrected chi connectivity index (χ0v) is 10.2. The molecule has 1 aromatic carbocycles. The first-order chi connectivity index (χ1) is 7.95. The summed E-state index contributed by atoms with van der Waals surface area (Å²) < 4.78 is 5.61. The van der Waals surface area contributed by atoms with E-state index in [0.717, 1.165) is 6.42 Å². The molecule has 0 bridgehead atoms. The molecule has 0 amide bonds. The minimum atomic E-state index is -0.797. The molecule has 1 N–H and O–H groups in total. The molecule has 17 heavy (non-hydrogen) atoms. The fourth-order valence-electron chi connectivity index (χ4n) is 1.38. The van der Waals surface area contributed by atoms with E-state index >= 15 is 0 Å². The number of hydrogen-bond donors (Lipinski definition) is 1. The highest BCUT2D eigenvalue weighted by atomic mass is 16.6. The maximum absolute atomic E-state index is 10.6. The fraction of sp³-hybridized carbons (Fsp3) is 0.500. The van der Waals surface area contributed by atoms with Crippen molar-refractivity contribution >= 4 is 5.69 Å². The van der Waals surface area contributed by atoms with Gasteiger partial charge in [0.25, 0.3) is 5.69 Å². The van der Waals surface area contributed by atoms with Crippen molar-refractivity contribution in [3.63, 3.8) is 0 Å². The van der Waals surface area contributed by atoms with E-state index in [2.05, 4.69) is 0 Å². The van der Waals surface area contributed by atoms with Crippen molar-refractivity contribution in [2.75, 3.05) is 0 Å². The van der Waals surface area contributed by atoms with Gasteiger partial charge in [-0.3, -0.25) is 10.1 Å². The third-order valence-electron chi connectivity index (χ3n) is 2.56. The summed E-state index contributed by atoms with van der Waals surface area (Å²) in [6.07, 6.45) is 0.0406. The minimum Gasteiger partial charge on any atom is -0.490 e. The molecule has 0 aliphatic carbocycles. The van der Waals surface area contributed by atoms with Gasteiger partial charge >= 0.3 is 0 Å². The molecule has 5 heteroatoms. The Morgan fingerprint density at radius 2 is 2.12 bits per heavy atom. The summed E-state index contributed by atoms with van der Waals surface area (Å²) in [5.41, 5.74) is 0.400. The normalized spacial score (nSPS) is 14.1. The van der Waals surface area contributed by atoms with Gasteiger partial charge in [-0.2, -0.15) is 0 Å². The summed E-state index contributed by atoms with van der Waals surface area (Å²) in [4.78, 5) is 10.2. The van der Waals surface area contributed by atoms with E-state index in [1.807, 2.05) is 13.8 Å². The molecular weight excluding hydrogens is 222 g/mol. The molecule has 5 nitrogen and oxygen atoms in total. The molecule has 2 atom stereocenters. The van der Waals surface area contributed by atoms with Crippen LogP contribution in [-0.2, 0) is 0 Å². The van der Waals surface area contributed by atoms with Crippen LogP contribution in [0.4, 0.5) is 5.69 Å². The van der Waals surface area contributed by atoms with E-state index < -0.39 is 11.0 Å². The average Bonchev–Trinajstić information content (AvgIpc) is 2.28. The fourth-order valence-corrected chi connectivity index (χ4v) is 1.38. The quantitative estimate of drug-likeness (QED) is 0.633. The van der Waals surface area contributed by atoms with Crippen LogP contribution in [-0.4, -0.2) is 16.1 Å². The number of rotatable bonds is 5. The summed E-state index contributed by atoms with van der Waals surface area (Å²) in [6, 6.07) is 4.26. The molecule has 0 saturated heterocycles. The van der Waals surface area contributed by atoms with Crippen LogP contribution in [0.3, 0.4) is 0 Å². The molecule has 0 saturated carbocycles. The van der Waals surface area contributed by atoms with Crippen molar-refractivity contribution in [1.82, 2.24) is 0 Å². The Bertz CT molecular complexity index is 403.